The van der Waals surface area contributed by atoms with E-state index in [0.29, 0.717) is 5.56 Å². The number of hydrogen-bond acceptors (Lipinski definition) is 1. The Morgan fingerprint density at radius 3 is 2.29 bits per heavy atom. The minimum atomic E-state index is -2.24. The van der Waals surface area contributed by atoms with Crippen LogP contribution in [0.1, 0.15) is 34.7 Å². The second kappa shape index (κ2) is 6.17. The molecule has 1 heteroatoms. The number of rotatable bonds is 2. The topological polar surface area (TPSA) is 12.9 Å². The summed E-state index contributed by atoms with van der Waals surface area (Å²) in [7, 11) is 0. The molecule has 3 aromatic carbocycles. The van der Waals surface area contributed by atoms with E-state index in [2.05, 4.69) is 55.2 Å². The smallest absolute Gasteiger partial charge is 0.0708 e. The lowest BCUT2D eigenvalue weighted by molar-refractivity contribution is 0.660. The molecule has 0 saturated heterocycles. The molecule has 0 spiro atoms. The third kappa shape index (κ3) is 2.51. The normalized spacial score (nSPS) is 15.9. The van der Waals surface area contributed by atoms with Crippen molar-refractivity contribution in [3.8, 4) is 33.5 Å². The lowest BCUT2D eigenvalue weighted by Gasteiger charge is -2.22. The average molecular weight is 365 g/mol. The van der Waals surface area contributed by atoms with Gasteiger partial charge in [-0.1, -0.05) is 80.6 Å². The number of nitrogens with zero attached hydrogens (tertiary/aromatic N) is 1. The molecule has 0 aliphatic heterocycles. The van der Waals surface area contributed by atoms with Gasteiger partial charge in [0.15, 0.2) is 0 Å². The van der Waals surface area contributed by atoms with Crippen molar-refractivity contribution < 1.29 is 4.11 Å². The number of aryl methyl sites for hydroxylation is 1. The Morgan fingerprint density at radius 1 is 0.714 bits per heavy atom. The van der Waals surface area contributed by atoms with Gasteiger partial charge in [0.2, 0.25) is 0 Å². The summed E-state index contributed by atoms with van der Waals surface area (Å²) in [4.78, 5) is 4.48. The monoisotopic (exact) mass is 364 g/mol. The molecule has 0 radical (unpaired) electrons. The van der Waals surface area contributed by atoms with Crippen LogP contribution in [0, 0.1) is 6.85 Å². The zero-order valence-electron chi connectivity index (χ0n) is 19.0. The van der Waals surface area contributed by atoms with E-state index in [1.54, 1.807) is 0 Å². The molecule has 1 aromatic heterocycles. The van der Waals surface area contributed by atoms with E-state index in [4.69, 9.17) is 4.11 Å². The van der Waals surface area contributed by atoms with Crippen LogP contribution in [0.2, 0.25) is 0 Å². The van der Waals surface area contributed by atoms with E-state index < -0.39 is 6.85 Å². The molecule has 0 amide bonds. The van der Waals surface area contributed by atoms with E-state index >= 15 is 0 Å². The molecule has 1 nitrogen and oxygen atoms in total. The Bertz CT molecular complexity index is 1290. The van der Waals surface area contributed by atoms with Crippen LogP contribution < -0.4 is 0 Å². The van der Waals surface area contributed by atoms with Gasteiger partial charge in [0.05, 0.1) is 5.69 Å². The van der Waals surface area contributed by atoms with Gasteiger partial charge in [-0.2, -0.15) is 0 Å². The molecule has 0 fully saturated rings. The van der Waals surface area contributed by atoms with E-state index in [9.17, 15) is 0 Å². The van der Waals surface area contributed by atoms with Crippen LogP contribution in [0.3, 0.4) is 0 Å². The highest BCUT2D eigenvalue weighted by Gasteiger charge is 2.35. The van der Waals surface area contributed by atoms with Crippen molar-refractivity contribution in [2.45, 2.75) is 26.1 Å². The molecule has 5 rings (SSSR count). The van der Waals surface area contributed by atoms with E-state index in [1.165, 1.54) is 28.5 Å². The Morgan fingerprint density at radius 2 is 1.46 bits per heavy atom. The van der Waals surface area contributed by atoms with Crippen molar-refractivity contribution in [1.29, 1.82) is 0 Å². The number of pyridine rings is 1. The molecule has 1 aliphatic carbocycles. The summed E-state index contributed by atoms with van der Waals surface area (Å²) in [6, 6.07) is 26.6. The summed E-state index contributed by atoms with van der Waals surface area (Å²) < 4.78 is 24.2. The summed E-state index contributed by atoms with van der Waals surface area (Å²) in [5, 5.41) is 0. The van der Waals surface area contributed by atoms with Crippen LogP contribution >= 0.6 is 0 Å². The molecule has 0 N–H and O–H groups in total. The molecule has 4 aromatic rings. The molecular weight excluding hydrogens is 338 g/mol. The van der Waals surface area contributed by atoms with Crippen LogP contribution in [0.15, 0.2) is 85.1 Å². The van der Waals surface area contributed by atoms with E-state index in [0.717, 1.165) is 16.8 Å². The minimum absolute atomic E-state index is 0.141. The predicted octanol–water partition coefficient (Wildman–Crippen LogP) is 7.03. The van der Waals surface area contributed by atoms with Gasteiger partial charge in [0, 0.05) is 21.3 Å². The van der Waals surface area contributed by atoms with Crippen molar-refractivity contribution in [2.24, 2.45) is 0 Å². The van der Waals surface area contributed by atoms with Crippen molar-refractivity contribution in [3.05, 3.63) is 102 Å². The van der Waals surface area contributed by atoms with Gasteiger partial charge in [-0.05, 0) is 57.9 Å². The minimum Gasteiger partial charge on any atom is -0.256 e. The molecule has 1 heterocycles. The number of benzene rings is 3. The SMILES string of the molecule is [2H]C([2H])([2H])c1cnc(-c2ccccc2)cc1-c1ccc2c(c1)C(C)(C)c1ccccc1-2. The molecule has 0 bridgehead atoms. The van der Waals surface area contributed by atoms with Gasteiger partial charge < -0.3 is 0 Å². The van der Waals surface area contributed by atoms with Gasteiger partial charge in [0.25, 0.3) is 0 Å². The molecule has 28 heavy (non-hydrogen) atoms. The largest absolute Gasteiger partial charge is 0.256 e. The van der Waals surface area contributed by atoms with Crippen LogP contribution in [0.5, 0.6) is 0 Å². The standard InChI is InChI=1S/C27H23N/c1-18-17-28-26(19-9-5-4-6-10-19)16-23(18)20-13-14-22-21-11-7-8-12-24(21)27(2,3)25(22)15-20/h4-17H,1-3H3/i1D3. The quantitative estimate of drug-likeness (QED) is 0.372. The lowest BCUT2D eigenvalue weighted by atomic mass is 9.81. The van der Waals surface area contributed by atoms with Crippen molar-refractivity contribution in [1.82, 2.24) is 4.98 Å². The first kappa shape index (κ1) is 13.9. The maximum Gasteiger partial charge on any atom is 0.0708 e. The Hall–Kier alpha value is -3.19. The van der Waals surface area contributed by atoms with Crippen molar-refractivity contribution >= 4 is 0 Å². The highest BCUT2D eigenvalue weighted by Crippen LogP contribution is 2.49. The van der Waals surface area contributed by atoms with E-state index in [-0.39, 0.29) is 11.0 Å². The maximum absolute atomic E-state index is 8.07. The first-order chi connectivity index (χ1) is 14.8. The molecule has 1 aliphatic rings. The van der Waals surface area contributed by atoms with Crippen molar-refractivity contribution in [3.63, 3.8) is 0 Å². The van der Waals surface area contributed by atoms with Gasteiger partial charge >= 0.3 is 0 Å². The Kier molecular flexibility index (Phi) is 3.06. The van der Waals surface area contributed by atoms with Gasteiger partial charge in [-0.25, -0.2) is 0 Å². The number of hydrogen-bond donors (Lipinski definition) is 0. The molecule has 0 atom stereocenters. The van der Waals surface area contributed by atoms with Crippen molar-refractivity contribution in [2.75, 3.05) is 0 Å². The third-order valence-corrected chi connectivity index (χ3v) is 5.87. The lowest BCUT2D eigenvalue weighted by Crippen LogP contribution is -2.14. The predicted molar refractivity (Wildman–Crippen MR) is 117 cm³/mol. The van der Waals surface area contributed by atoms with Crippen LogP contribution in [0.25, 0.3) is 33.5 Å². The first-order valence-electron chi connectivity index (χ1n) is 11.1. The Balaban J connectivity index is 1.72. The van der Waals surface area contributed by atoms with Crippen LogP contribution in [-0.2, 0) is 5.41 Å². The second-order valence-corrected chi connectivity index (χ2v) is 7.91. The second-order valence-electron chi connectivity index (χ2n) is 7.91. The highest BCUT2D eigenvalue weighted by atomic mass is 14.7. The zero-order valence-corrected chi connectivity index (χ0v) is 16.0. The molecule has 136 valence electrons. The van der Waals surface area contributed by atoms with Gasteiger partial charge in [0.1, 0.15) is 0 Å². The van der Waals surface area contributed by atoms with Crippen LogP contribution in [-0.4, -0.2) is 4.98 Å². The highest BCUT2D eigenvalue weighted by molar-refractivity contribution is 5.84. The number of aromatic nitrogens is 1. The molecular formula is C27H23N. The van der Waals surface area contributed by atoms with Crippen LogP contribution in [0.4, 0.5) is 0 Å². The summed E-state index contributed by atoms with van der Waals surface area (Å²) in [5.41, 5.74) is 8.49. The number of fused-ring (bicyclic) bond motifs is 3. The zero-order chi connectivity index (χ0) is 21.8. The fraction of sp³-hybridized carbons (Fsp3) is 0.148. The van der Waals surface area contributed by atoms with E-state index in [1.807, 2.05) is 42.5 Å². The summed E-state index contributed by atoms with van der Waals surface area (Å²) in [5.74, 6) is 0. The van der Waals surface area contributed by atoms with Gasteiger partial charge in [-0.15, -0.1) is 0 Å². The average Bonchev–Trinajstić information content (AvgIpc) is 3.00. The summed E-state index contributed by atoms with van der Waals surface area (Å²) in [6.45, 7) is 2.22. The summed E-state index contributed by atoms with van der Waals surface area (Å²) >= 11 is 0. The fourth-order valence-corrected chi connectivity index (χ4v) is 4.33. The fourth-order valence-electron chi connectivity index (χ4n) is 4.33. The van der Waals surface area contributed by atoms with Gasteiger partial charge in [-0.3, -0.25) is 4.98 Å². The summed E-state index contributed by atoms with van der Waals surface area (Å²) in [6.07, 6.45) is 1.51. The maximum atomic E-state index is 8.07. The molecule has 0 unspecified atom stereocenters. The third-order valence-electron chi connectivity index (χ3n) is 5.87. The first-order valence-corrected chi connectivity index (χ1v) is 9.57. The Labute approximate surface area is 170 Å². The molecule has 0 saturated carbocycles.